The van der Waals surface area contributed by atoms with E-state index >= 15 is 0 Å². The minimum Gasteiger partial charge on any atom is -0.481 e. The summed E-state index contributed by atoms with van der Waals surface area (Å²) in [6.45, 7) is 6.55. The minimum absolute atomic E-state index is 0.0500. The van der Waals surface area contributed by atoms with Crippen molar-refractivity contribution in [2.75, 3.05) is 0 Å². The third-order valence-electron chi connectivity index (χ3n) is 8.82. The van der Waals surface area contributed by atoms with Crippen molar-refractivity contribution in [1.82, 2.24) is 0 Å². The molecule has 0 spiro atoms. The van der Waals surface area contributed by atoms with Gasteiger partial charge >= 0.3 is 5.97 Å². The molecule has 0 aliphatic carbocycles. The number of benzene rings is 2. The largest absolute Gasteiger partial charge is 0.481 e. The van der Waals surface area contributed by atoms with Crippen LogP contribution in [0.2, 0.25) is 0 Å². The number of hydrogen-bond donors (Lipinski definition) is 1. The van der Waals surface area contributed by atoms with Gasteiger partial charge in [-0.25, -0.2) is 0 Å². The highest BCUT2D eigenvalue weighted by molar-refractivity contribution is 5.76. The van der Waals surface area contributed by atoms with Gasteiger partial charge in [-0.1, -0.05) is 178 Å². The lowest BCUT2D eigenvalue weighted by Crippen LogP contribution is -2.34. The second-order valence-corrected chi connectivity index (χ2v) is 12.1. The topological polar surface area (TPSA) is 37.3 Å². The van der Waals surface area contributed by atoms with Crippen LogP contribution < -0.4 is 0 Å². The molecule has 0 amide bonds. The molecule has 2 unspecified atom stereocenters. The molecule has 2 atom stereocenters. The Morgan fingerprint density at radius 3 is 1.54 bits per heavy atom. The van der Waals surface area contributed by atoms with E-state index < -0.39 is 11.4 Å². The average Bonchev–Trinajstić information content (AvgIpc) is 2.96. The maximum Gasteiger partial charge on any atom is 0.309 e. The van der Waals surface area contributed by atoms with Gasteiger partial charge in [0.1, 0.15) is 0 Å². The van der Waals surface area contributed by atoms with E-state index in [1.165, 1.54) is 107 Å². The lowest BCUT2D eigenvalue weighted by atomic mass is 9.68. The summed E-state index contributed by atoms with van der Waals surface area (Å²) < 4.78 is 0. The van der Waals surface area contributed by atoms with Gasteiger partial charge in [0.25, 0.3) is 0 Å². The Morgan fingerprint density at radius 1 is 0.615 bits per heavy atom. The normalized spacial score (nSPS) is 13.7. The molecular formula is C37H58O2. The standard InChI is InChI=1S/C37H58O2/c1-4-6-8-10-12-13-14-16-18-23-31-37(3,36(38)39)35(26-22-17-15-11-9-7-5-2)34-29-27-33(28-30-34)32-24-20-19-21-25-32/h19-21,24-25,27-30,35H,4-18,22-23,26,31H2,1-3H3,(H,38,39). The molecule has 1 N–H and O–H groups in total. The molecule has 0 aromatic heterocycles. The second kappa shape index (κ2) is 19.9. The van der Waals surface area contributed by atoms with Crippen LogP contribution >= 0.6 is 0 Å². The summed E-state index contributed by atoms with van der Waals surface area (Å²) >= 11 is 0. The first-order valence-corrected chi connectivity index (χ1v) is 16.4. The number of unbranched alkanes of at least 4 members (excludes halogenated alkanes) is 15. The highest BCUT2D eigenvalue weighted by Gasteiger charge is 2.41. The molecule has 0 fully saturated rings. The van der Waals surface area contributed by atoms with Crippen LogP contribution in [0.3, 0.4) is 0 Å². The van der Waals surface area contributed by atoms with Gasteiger partial charge in [0.15, 0.2) is 0 Å². The van der Waals surface area contributed by atoms with Crippen LogP contribution in [0, 0.1) is 5.41 Å². The maximum atomic E-state index is 12.8. The molecule has 2 aromatic carbocycles. The third kappa shape index (κ3) is 12.3. The first kappa shape index (κ1) is 33.1. The third-order valence-corrected chi connectivity index (χ3v) is 8.82. The zero-order valence-corrected chi connectivity index (χ0v) is 25.6. The number of carboxylic acid groups (broad SMARTS) is 1. The van der Waals surface area contributed by atoms with E-state index in [1.807, 2.05) is 13.0 Å². The van der Waals surface area contributed by atoms with Crippen LogP contribution in [-0.4, -0.2) is 11.1 Å². The Kier molecular flexibility index (Phi) is 16.9. The van der Waals surface area contributed by atoms with E-state index in [-0.39, 0.29) is 5.92 Å². The summed E-state index contributed by atoms with van der Waals surface area (Å²) in [6.07, 6.45) is 23.3. The van der Waals surface area contributed by atoms with E-state index in [9.17, 15) is 9.90 Å². The summed E-state index contributed by atoms with van der Waals surface area (Å²) in [5.41, 5.74) is 2.87. The van der Waals surface area contributed by atoms with Crippen molar-refractivity contribution in [3.8, 4) is 11.1 Å². The molecule has 2 aromatic rings. The fraction of sp³-hybridized carbons (Fsp3) is 0.649. The fourth-order valence-corrected chi connectivity index (χ4v) is 6.11. The second-order valence-electron chi connectivity index (χ2n) is 12.1. The van der Waals surface area contributed by atoms with Crippen LogP contribution in [0.1, 0.15) is 154 Å². The van der Waals surface area contributed by atoms with Crippen molar-refractivity contribution in [2.24, 2.45) is 5.41 Å². The molecule has 0 saturated carbocycles. The van der Waals surface area contributed by atoms with Crippen LogP contribution in [0.4, 0.5) is 0 Å². The van der Waals surface area contributed by atoms with Crippen molar-refractivity contribution in [1.29, 1.82) is 0 Å². The van der Waals surface area contributed by atoms with E-state index in [0.717, 1.165) is 32.1 Å². The summed E-state index contributed by atoms with van der Waals surface area (Å²) in [7, 11) is 0. The molecule has 0 radical (unpaired) electrons. The van der Waals surface area contributed by atoms with Crippen molar-refractivity contribution >= 4 is 5.97 Å². The Hall–Kier alpha value is -2.09. The lowest BCUT2D eigenvalue weighted by molar-refractivity contribution is -0.150. The van der Waals surface area contributed by atoms with Crippen molar-refractivity contribution in [3.63, 3.8) is 0 Å². The predicted molar refractivity (Wildman–Crippen MR) is 169 cm³/mol. The number of rotatable bonds is 23. The SMILES string of the molecule is CCCCCCCCCCCCC(C)(C(=O)O)C(CCCCCCCCC)c1ccc(-c2ccccc2)cc1. The van der Waals surface area contributed by atoms with Gasteiger partial charge in [0.05, 0.1) is 5.41 Å². The summed E-state index contributed by atoms with van der Waals surface area (Å²) in [4.78, 5) is 12.8. The van der Waals surface area contributed by atoms with Crippen LogP contribution in [0.25, 0.3) is 11.1 Å². The predicted octanol–water partition coefficient (Wildman–Crippen LogP) is 12.0. The monoisotopic (exact) mass is 534 g/mol. The van der Waals surface area contributed by atoms with E-state index in [0.29, 0.717) is 0 Å². The number of aliphatic carboxylic acids is 1. The Morgan fingerprint density at radius 2 is 1.05 bits per heavy atom. The van der Waals surface area contributed by atoms with Crippen molar-refractivity contribution in [3.05, 3.63) is 60.2 Å². The molecule has 0 heterocycles. The molecule has 0 saturated heterocycles. The summed E-state index contributed by atoms with van der Waals surface area (Å²) in [5, 5.41) is 10.5. The van der Waals surface area contributed by atoms with Gasteiger partial charge in [-0.15, -0.1) is 0 Å². The number of carbonyl (C=O) groups is 1. The highest BCUT2D eigenvalue weighted by Crippen LogP contribution is 2.44. The van der Waals surface area contributed by atoms with Crippen LogP contribution in [0.15, 0.2) is 54.6 Å². The van der Waals surface area contributed by atoms with Gasteiger partial charge in [-0.05, 0) is 42.4 Å². The van der Waals surface area contributed by atoms with Crippen LogP contribution in [0.5, 0.6) is 0 Å². The Bertz CT molecular complexity index is 872. The van der Waals surface area contributed by atoms with Gasteiger partial charge in [0, 0.05) is 0 Å². The summed E-state index contributed by atoms with van der Waals surface area (Å²) in [5.74, 6) is -0.576. The van der Waals surface area contributed by atoms with Crippen LogP contribution in [-0.2, 0) is 4.79 Å². The first-order valence-electron chi connectivity index (χ1n) is 16.4. The zero-order valence-electron chi connectivity index (χ0n) is 25.6. The summed E-state index contributed by atoms with van der Waals surface area (Å²) in [6, 6.07) is 19.2. The maximum absolute atomic E-state index is 12.8. The van der Waals surface area contributed by atoms with Gasteiger partial charge in [0.2, 0.25) is 0 Å². The van der Waals surface area contributed by atoms with Gasteiger partial charge in [-0.3, -0.25) is 4.79 Å². The molecule has 0 bridgehead atoms. The first-order chi connectivity index (χ1) is 19.0. The van der Waals surface area contributed by atoms with E-state index in [2.05, 4.69) is 62.4 Å². The van der Waals surface area contributed by atoms with Crippen molar-refractivity contribution < 1.29 is 9.90 Å². The van der Waals surface area contributed by atoms with E-state index in [1.54, 1.807) is 0 Å². The number of hydrogen-bond acceptors (Lipinski definition) is 1. The lowest BCUT2D eigenvalue weighted by Gasteiger charge is -2.35. The quantitative estimate of drug-likeness (QED) is 0.144. The number of carboxylic acids is 1. The molecule has 0 aliphatic heterocycles. The molecule has 39 heavy (non-hydrogen) atoms. The molecule has 2 heteroatoms. The van der Waals surface area contributed by atoms with Gasteiger partial charge < -0.3 is 5.11 Å². The molecular weight excluding hydrogens is 476 g/mol. The minimum atomic E-state index is -0.726. The Labute approximate surface area is 241 Å². The zero-order chi connectivity index (χ0) is 28.2. The molecule has 2 nitrogen and oxygen atoms in total. The van der Waals surface area contributed by atoms with Gasteiger partial charge in [-0.2, -0.15) is 0 Å². The smallest absolute Gasteiger partial charge is 0.309 e. The fourth-order valence-electron chi connectivity index (χ4n) is 6.11. The highest BCUT2D eigenvalue weighted by atomic mass is 16.4. The Balaban J connectivity index is 2.01. The molecule has 2 rings (SSSR count). The molecule has 218 valence electrons. The van der Waals surface area contributed by atoms with E-state index in [4.69, 9.17) is 0 Å². The molecule has 0 aliphatic rings. The average molecular weight is 535 g/mol. The van der Waals surface area contributed by atoms with Crippen molar-refractivity contribution in [2.45, 2.75) is 149 Å².